The molecule has 4 rings (SSSR count). The molecule has 2 amide bonds. The van der Waals surface area contributed by atoms with Crippen molar-refractivity contribution in [3.63, 3.8) is 0 Å². The van der Waals surface area contributed by atoms with Crippen LogP contribution in [0.3, 0.4) is 0 Å². The van der Waals surface area contributed by atoms with Gasteiger partial charge in [0, 0.05) is 25.1 Å². The molecule has 3 unspecified atom stereocenters. The van der Waals surface area contributed by atoms with Crippen LogP contribution in [-0.4, -0.2) is 58.3 Å². The number of ether oxygens (including phenoxy) is 1. The molecule has 0 heterocycles. The molecule has 0 spiro atoms. The van der Waals surface area contributed by atoms with E-state index in [0.29, 0.717) is 11.3 Å². The first kappa shape index (κ1) is 27.8. The topological polar surface area (TPSA) is 99.1 Å². The molecule has 198 valence electrons. The molecule has 0 aromatic heterocycles. The van der Waals surface area contributed by atoms with E-state index in [1.165, 1.54) is 0 Å². The molecule has 0 fully saturated rings. The first-order valence-electron chi connectivity index (χ1n) is 12.5. The lowest BCUT2D eigenvalue weighted by atomic mass is 9.87. The minimum absolute atomic E-state index is 0.103. The number of aliphatic hydroxyl groups excluding tert-OH is 2. The van der Waals surface area contributed by atoms with Gasteiger partial charge >= 0.3 is 0 Å². The zero-order valence-electron chi connectivity index (χ0n) is 20.9. The van der Waals surface area contributed by atoms with Crippen molar-refractivity contribution in [2.75, 3.05) is 13.2 Å². The summed E-state index contributed by atoms with van der Waals surface area (Å²) in [6.45, 7) is 0.185. The number of nitrogens with one attached hydrogen (secondary N) is 1. The minimum Gasteiger partial charge on any atom is -0.482 e. The summed E-state index contributed by atoms with van der Waals surface area (Å²) in [5, 5.41) is 23.5. The van der Waals surface area contributed by atoms with Gasteiger partial charge in [-0.1, -0.05) is 72.8 Å². The number of carbonyl (C=O) groups excluding carboxylic acids is 2. The molecule has 38 heavy (non-hydrogen) atoms. The van der Waals surface area contributed by atoms with Crippen molar-refractivity contribution in [3.8, 4) is 5.75 Å². The third kappa shape index (κ3) is 7.21. The van der Waals surface area contributed by atoms with E-state index >= 15 is 0 Å². The zero-order chi connectivity index (χ0) is 26.9. The molecule has 0 radical (unpaired) electrons. The van der Waals surface area contributed by atoms with Gasteiger partial charge < -0.3 is 25.2 Å². The molecule has 3 aromatic carbocycles. The Labute approximate surface area is 236 Å². The Kier molecular flexibility index (Phi) is 9.91. The Morgan fingerprint density at radius 3 is 2.24 bits per heavy atom. The molecule has 3 atom stereocenters. The SMILES string of the molecule is O=C(NCCO)C1=CC(Oc2ccccc2I)C(O)C(N(Cc2ccccc2)C(=O)Cc2ccccc2)C1. The molecule has 3 N–H and O–H groups in total. The summed E-state index contributed by atoms with van der Waals surface area (Å²) in [6.07, 6.45) is -0.00260. The van der Waals surface area contributed by atoms with E-state index in [-0.39, 0.29) is 44.4 Å². The molecule has 0 saturated heterocycles. The summed E-state index contributed by atoms with van der Waals surface area (Å²) in [6, 6.07) is 25.8. The van der Waals surface area contributed by atoms with Gasteiger partial charge in [-0.15, -0.1) is 0 Å². The lowest BCUT2D eigenvalue weighted by Crippen LogP contribution is -2.55. The summed E-state index contributed by atoms with van der Waals surface area (Å²) in [5.41, 5.74) is 2.18. The van der Waals surface area contributed by atoms with Crippen molar-refractivity contribution in [3.05, 3.63) is 111 Å². The van der Waals surface area contributed by atoms with Crippen LogP contribution in [0.5, 0.6) is 5.75 Å². The highest BCUT2D eigenvalue weighted by Crippen LogP contribution is 2.30. The van der Waals surface area contributed by atoms with Crippen LogP contribution >= 0.6 is 22.6 Å². The van der Waals surface area contributed by atoms with Gasteiger partial charge in [0.15, 0.2) is 0 Å². The molecule has 0 bridgehead atoms. The second-order valence-electron chi connectivity index (χ2n) is 9.12. The highest BCUT2D eigenvalue weighted by molar-refractivity contribution is 14.1. The molecule has 8 heteroatoms. The second kappa shape index (κ2) is 13.5. The van der Waals surface area contributed by atoms with Gasteiger partial charge in [-0.2, -0.15) is 0 Å². The van der Waals surface area contributed by atoms with Crippen molar-refractivity contribution in [2.24, 2.45) is 0 Å². The van der Waals surface area contributed by atoms with Gasteiger partial charge in [-0.05, 0) is 51.9 Å². The highest BCUT2D eigenvalue weighted by atomic mass is 127. The number of nitrogens with zero attached hydrogens (tertiary/aromatic N) is 1. The Hall–Kier alpha value is -3.21. The standard InChI is InChI=1S/C30H31IN2O5/c31-24-13-7-8-14-26(24)38-27-19-23(30(37)32-15-16-34)18-25(29(27)36)33(20-22-11-5-2-6-12-22)28(35)17-21-9-3-1-4-10-21/h1-14,19,25,27,29,34,36H,15-18,20H2,(H,32,37). The molecular weight excluding hydrogens is 595 g/mol. The van der Waals surface area contributed by atoms with E-state index in [1.807, 2.05) is 78.9 Å². The van der Waals surface area contributed by atoms with Crippen molar-refractivity contribution in [1.29, 1.82) is 0 Å². The van der Waals surface area contributed by atoms with Gasteiger partial charge in [0.1, 0.15) is 18.0 Å². The number of hydrogen-bond donors (Lipinski definition) is 3. The molecular formula is C30H31IN2O5. The second-order valence-corrected chi connectivity index (χ2v) is 10.3. The minimum atomic E-state index is -1.08. The van der Waals surface area contributed by atoms with E-state index in [4.69, 9.17) is 4.74 Å². The Morgan fingerprint density at radius 2 is 1.58 bits per heavy atom. The summed E-state index contributed by atoms with van der Waals surface area (Å²) in [7, 11) is 0. The van der Waals surface area contributed by atoms with Gasteiger partial charge in [0.05, 0.1) is 22.6 Å². The average Bonchev–Trinajstić information content (AvgIpc) is 2.94. The molecule has 7 nitrogen and oxygen atoms in total. The lowest BCUT2D eigenvalue weighted by molar-refractivity contribution is -0.138. The van der Waals surface area contributed by atoms with Gasteiger partial charge in [0.2, 0.25) is 11.8 Å². The summed E-state index contributed by atoms with van der Waals surface area (Å²) in [5.74, 6) is 0.0611. The summed E-state index contributed by atoms with van der Waals surface area (Å²) < 4.78 is 7.07. The number of hydrogen-bond acceptors (Lipinski definition) is 5. The van der Waals surface area contributed by atoms with Crippen LogP contribution in [0.2, 0.25) is 0 Å². The van der Waals surface area contributed by atoms with Crippen LogP contribution in [0.1, 0.15) is 17.5 Å². The maximum Gasteiger partial charge on any atom is 0.247 e. The van der Waals surface area contributed by atoms with Crippen LogP contribution in [0, 0.1) is 3.57 Å². The predicted octanol–water partition coefficient (Wildman–Crippen LogP) is 3.48. The van der Waals surface area contributed by atoms with E-state index in [2.05, 4.69) is 27.9 Å². The number of rotatable bonds is 10. The number of aliphatic hydroxyl groups is 2. The fourth-order valence-electron chi connectivity index (χ4n) is 4.51. The Morgan fingerprint density at radius 1 is 0.947 bits per heavy atom. The molecule has 0 aliphatic heterocycles. The molecule has 1 aliphatic carbocycles. The largest absolute Gasteiger partial charge is 0.482 e. The Bertz CT molecular complexity index is 1250. The molecule has 1 aliphatic rings. The monoisotopic (exact) mass is 626 g/mol. The van der Waals surface area contributed by atoms with Crippen molar-refractivity contribution >= 4 is 34.4 Å². The smallest absolute Gasteiger partial charge is 0.247 e. The quantitative estimate of drug-likeness (QED) is 0.300. The third-order valence-electron chi connectivity index (χ3n) is 6.43. The molecule has 0 saturated carbocycles. The number of para-hydroxylation sites is 1. The average molecular weight is 626 g/mol. The normalized spacial score (nSPS) is 18.8. The van der Waals surface area contributed by atoms with E-state index < -0.39 is 18.2 Å². The number of halogens is 1. The molecule has 3 aromatic rings. The zero-order valence-corrected chi connectivity index (χ0v) is 23.0. The van der Waals surface area contributed by atoms with Gasteiger partial charge in [-0.25, -0.2) is 0 Å². The summed E-state index contributed by atoms with van der Waals surface area (Å²) >= 11 is 2.16. The van der Waals surface area contributed by atoms with Crippen LogP contribution in [0.15, 0.2) is 96.6 Å². The Balaban J connectivity index is 1.68. The fraction of sp³-hybridized carbons (Fsp3) is 0.267. The van der Waals surface area contributed by atoms with Crippen molar-refractivity contribution in [2.45, 2.75) is 37.6 Å². The summed E-state index contributed by atoms with van der Waals surface area (Å²) in [4.78, 5) is 28.4. The van der Waals surface area contributed by atoms with Gasteiger partial charge in [0.25, 0.3) is 0 Å². The van der Waals surface area contributed by atoms with Crippen LogP contribution in [0.4, 0.5) is 0 Å². The van der Waals surface area contributed by atoms with Crippen molar-refractivity contribution < 1.29 is 24.5 Å². The van der Waals surface area contributed by atoms with Crippen molar-refractivity contribution in [1.82, 2.24) is 10.2 Å². The van der Waals surface area contributed by atoms with Crippen LogP contribution in [-0.2, 0) is 22.6 Å². The van der Waals surface area contributed by atoms with Gasteiger partial charge in [-0.3, -0.25) is 9.59 Å². The number of carbonyl (C=O) groups is 2. The first-order chi connectivity index (χ1) is 18.5. The van der Waals surface area contributed by atoms with E-state index in [0.717, 1.165) is 14.7 Å². The van der Waals surface area contributed by atoms with Crippen LogP contribution in [0.25, 0.3) is 0 Å². The number of amides is 2. The first-order valence-corrected chi connectivity index (χ1v) is 13.6. The predicted molar refractivity (Wildman–Crippen MR) is 153 cm³/mol. The lowest BCUT2D eigenvalue weighted by Gasteiger charge is -2.40. The maximum absolute atomic E-state index is 13.7. The van der Waals surface area contributed by atoms with E-state index in [9.17, 15) is 19.8 Å². The van der Waals surface area contributed by atoms with E-state index in [1.54, 1.807) is 17.0 Å². The maximum atomic E-state index is 13.7. The van der Waals surface area contributed by atoms with Crippen LogP contribution < -0.4 is 10.1 Å². The highest BCUT2D eigenvalue weighted by Gasteiger charge is 2.40. The third-order valence-corrected chi connectivity index (χ3v) is 7.32. The fourth-order valence-corrected chi connectivity index (χ4v) is 5.02. The number of benzene rings is 3.